The number of hydrogen-bond donors (Lipinski definition) is 2. The molecule has 1 aromatic heterocycles. The molecule has 1 saturated heterocycles. The molecule has 5 aromatic rings. The topological polar surface area (TPSA) is 106 Å². The summed E-state index contributed by atoms with van der Waals surface area (Å²) < 4.78 is 12.5. The number of carbonyl (C=O) groups excluding carboxylic acids is 2. The molecule has 0 amide bonds. The Morgan fingerprint density at radius 3 is 1.24 bits per heavy atom. The smallest absolute Gasteiger partial charge is 0.399 e. The van der Waals surface area contributed by atoms with Crippen LogP contribution < -0.4 is 5.46 Å². The van der Waals surface area contributed by atoms with Gasteiger partial charge in [0.05, 0.1) is 22.4 Å². The molecule has 390 valence electrons. The number of benzene rings is 4. The normalized spacial score (nSPS) is 14.5. The number of rotatable bonds is 21. The van der Waals surface area contributed by atoms with Crippen molar-refractivity contribution in [2.75, 3.05) is 0 Å². The molecule has 72 heavy (non-hydrogen) atoms. The molecule has 8 heteroatoms. The maximum absolute atomic E-state index is 10.7. The van der Waals surface area contributed by atoms with E-state index in [1.165, 1.54) is 61.2 Å². The minimum Gasteiger partial charge on any atom is -0.399 e. The Bertz CT molecular complexity index is 2470. The molecule has 0 radical (unpaired) electrons. The van der Waals surface area contributed by atoms with E-state index < -0.39 is 11.2 Å². The average Bonchev–Trinajstić information content (AvgIpc) is 3.62. The molecule has 4 aromatic carbocycles. The summed E-state index contributed by atoms with van der Waals surface area (Å²) in [5.41, 5.74) is 13.7. The van der Waals surface area contributed by atoms with Crippen molar-refractivity contribution in [2.45, 2.75) is 221 Å². The van der Waals surface area contributed by atoms with Crippen molar-refractivity contribution in [3.63, 3.8) is 0 Å². The van der Waals surface area contributed by atoms with Crippen LogP contribution >= 0.6 is 0 Å². The first-order chi connectivity index (χ1) is 34.1. The van der Waals surface area contributed by atoms with Crippen LogP contribution in [0.5, 0.6) is 0 Å². The largest absolute Gasteiger partial charge is 0.494 e. The fourth-order valence-corrected chi connectivity index (χ4v) is 10.7. The van der Waals surface area contributed by atoms with Crippen molar-refractivity contribution in [3.05, 3.63) is 153 Å². The predicted octanol–water partition coefficient (Wildman–Crippen LogP) is 14.5. The van der Waals surface area contributed by atoms with E-state index in [0.29, 0.717) is 0 Å². The van der Waals surface area contributed by atoms with Gasteiger partial charge >= 0.3 is 13.3 Å². The molecule has 6 rings (SSSR count). The van der Waals surface area contributed by atoms with Crippen molar-refractivity contribution in [2.24, 2.45) is 0 Å². The third-order valence-corrected chi connectivity index (χ3v) is 17.5. The molecule has 0 aliphatic carbocycles. The second kappa shape index (κ2) is 26.0. The predicted molar refractivity (Wildman–Crippen MR) is 299 cm³/mol. The highest BCUT2D eigenvalue weighted by atomic mass is 16.7. The van der Waals surface area contributed by atoms with Crippen LogP contribution in [0.4, 0.5) is 0 Å². The zero-order valence-electron chi connectivity index (χ0n) is 47.1. The lowest BCUT2D eigenvalue weighted by Gasteiger charge is -2.34. The van der Waals surface area contributed by atoms with E-state index >= 15 is 0 Å². The summed E-state index contributed by atoms with van der Waals surface area (Å²) in [5.74, 6) is 0. The van der Waals surface area contributed by atoms with Crippen LogP contribution in [0.2, 0.25) is 0 Å². The fraction of sp³-hybridized carbons (Fsp3) is 0.531. The molecular weight excluding hydrogens is 890 g/mol. The Labute approximate surface area is 436 Å². The lowest BCUT2D eigenvalue weighted by molar-refractivity contribution is -0.191. The Morgan fingerprint density at radius 1 is 0.514 bits per heavy atom. The van der Waals surface area contributed by atoms with Crippen molar-refractivity contribution in [3.8, 4) is 11.1 Å². The van der Waals surface area contributed by atoms with Gasteiger partial charge in [-0.1, -0.05) is 147 Å². The zero-order valence-corrected chi connectivity index (χ0v) is 47.1. The van der Waals surface area contributed by atoms with E-state index in [1.54, 1.807) is 0 Å². The number of nitrogens with zero attached hydrogens (tertiary/aromatic N) is 1. The van der Waals surface area contributed by atoms with Crippen LogP contribution in [0.3, 0.4) is 0 Å². The maximum atomic E-state index is 10.7. The molecular formula is C64H90BNO6. The van der Waals surface area contributed by atoms with Gasteiger partial charge in [-0.05, 0) is 192 Å². The number of pyridine rings is 1. The SMILES string of the molecule is CCC(O)(CC)CCc1ccc(C(CC)(CC)c2ccc(B3OC(C)(C)C(C)(C)O3)cc2)cc1C.CCc1cncc(-c2ccc(C(CC)(CC)c3ccc(CCC(O)(CC)CC)c(C)c3)cc2)c1.O=C=O. The van der Waals surface area contributed by atoms with E-state index in [1.807, 2.05) is 12.4 Å². The van der Waals surface area contributed by atoms with Crippen molar-refractivity contribution >= 4 is 18.7 Å². The second-order valence-corrected chi connectivity index (χ2v) is 21.5. The van der Waals surface area contributed by atoms with Crippen LogP contribution in [0.1, 0.15) is 204 Å². The molecule has 1 fully saturated rings. The van der Waals surface area contributed by atoms with Gasteiger partial charge in [-0.3, -0.25) is 4.98 Å². The lowest BCUT2D eigenvalue weighted by Crippen LogP contribution is -2.41. The summed E-state index contributed by atoms with van der Waals surface area (Å²) in [6, 6.07) is 34.2. The van der Waals surface area contributed by atoms with Gasteiger partial charge in [0.2, 0.25) is 0 Å². The highest BCUT2D eigenvalue weighted by Gasteiger charge is 2.51. The van der Waals surface area contributed by atoms with Crippen molar-refractivity contribution in [1.82, 2.24) is 4.98 Å². The van der Waals surface area contributed by atoms with E-state index in [2.05, 4.69) is 200 Å². The quantitative estimate of drug-likeness (QED) is 0.0706. The van der Waals surface area contributed by atoms with E-state index in [-0.39, 0.29) is 35.3 Å². The minimum absolute atomic E-state index is 0.00108. The molecule has 2 heterocycles. The van der Waals surface area contributed by atoms with Gasteiger partial charge in [-0.25, -0.2) is 0 Å². The first-order valence-corrected chi connectivity index (χ1v) is 27.3. The first kappa shape index (κ1) is 59.9. The van der Waals surface area contributed by atoms with Crippen LogP contribution in [-0.4, -0.2) is 50.9 Å². The van der Waals surface area contributed by atoms with Crippen LogP contribution in [0, 0.1) is 13.8 Å². The summed E-state index contributed by atoms with van der Waals surface area (Å²) in [6.07, 6.45) is 16.0. The van der Waals surface area contributed by atoms with Gasteiger partial charge in [0.25, 0.3) is 0 Å². The molecule has 0 bridgehead atoms. The molecule has 0 spiro atoms. The molecule has 7 nitrogen and oxygen atoms in total. The van der Waals surface area contributed by atoms with Gasteiger partial charge in [0.1, 0.15) is 0 Å². The molecule has 1 aliphatic heterocycles. The van der Waals surface area contributed by atoms with Gasteiger partial charge in [0, 0.05) is 28.8 Å². The minimum atomic E-state index is -0.555. The lowest BCUT2D eigenvalue weighted by atomic mass is 9.68. The summed E-state index contributed by atoms with van der Waals surface area (Å²) in [7, 11) is -0.335. The number of aromatic nitrogens is 1. The molecule has 0 saturated carbocycles. The first-order valence-electron chi connectivity index (χ1n) is 27.3. The van der Waals surface area contributed by atoms with E-state index in [4.69, 9.17) is 18.9 Å². The van der Waals surface area contributed by atoms with E-state index in [0.717, 1.165) is 88.9 Å². The van der Waals surface area contributed by atoms with Crippen LogP contribution in [-0.2, 0) is 49.0 Å². The van der Waals surface area contributed by atoms with Gasteiger partial charge in [0.15, 0.2) is 0 Å². The Morgan fingerprint density at radius 2 is 0.889 bits per heavy atom. The van der Waals surface area contributed by atoms with Gasteiger partial charge < -0.3 is 19.5 Å². The second-order valence-electron chi connectivity index (χ2n) is 21.5. The summed E-state index contributed by atoms with van der Waals surface area (Å²) in [6.45, 7) is 32.5. The molecule has 0 unspecified atom stereocenters. The average molecular weight is 980 g/mol. The third-order valence-electron chi connectivity index (χ3n) is 17.5. The fourth-order valence-electron chi connectivity index (χ4n) is 10.7. The maximum Gasteiger partial charge on any atom is 0.494 e. The number of aliphatic hydroxyl groups is 2. The monoisotopic (exact) mass is 980 g/mol. The van der Waals surface area contributed by atoms with Gasteiger partial charge in [-0.2, -0.15) is 9.59 Å². The van der Waals surface area contributed by atoms with Crippen LogP contribution in [0.25, 0.3) is 11.1 Å². The highest BCUT2D eigenvalue weighted by Crippen LogP contribution is 2.42. The third kappa shape index (κ3) is 13.7. The Hall–Kier alpha value is -4.69. The molecule has 1 aliphatic rings. The molecule has 2 N–H and O–H groups in total. The van der Waals surface area contributed by atoms with E-state index in [9.17, 15) is 10.2 Å². The Kier molecular flexibility index (Phi) is 21.6. The Balaban J connectivity index is 0.000000296. The zero-order chi connectivity index (χ0) is 53.5. The van der Waals surface area contributed by atoms with Crippen molar-refractivity contribution in [1.29, 1.82) is 0 Å². The summed E-state index contributed by atoms with van der Waals surface area (Å²) in [4.78, 5) is 20.7. The number of hydrogen-bond acceptors (Lipinski definition) is 7. The molecule has 0 atom stereocenters. The summed E-state index contributed by atoms with van der Waals surface area (Å²) >= 11 is 0. The summed E-state index contributed by atoms with van der Waals surface area (Å²) in [5, 5.41) is 21.4. The standard InChI is InChI=1S/C32H43NO.C31H47BO3.CO2/c1-7-25-21-28(23-33-22-25)27-13-15-29(16-14-27)32(10-4,11-5)30-17-12-26(24(6)20-30)18-19-31(34,8-2)9-3;1-10-30(33,11-2)21-20-24-14-15-26(22-23(24)5)31(12-3,13-4)25-16-18-27(19-17-25)32-34-28(6,7)29(8,9)35-32;2-1-3/h12-17,20-23,34H,7-11,18-19H2,1-6H3;14-19,22,33H,10-13,20-21H2,1-9H3;. The highest BCUT2D eigenvalue weighted by molar-refractivity contribution is 6.62. The van der Waals surface area contributed by atoms with Gasteiger partial charge in [-0.15, -0.1) is 0 Å². The number of aryl methyl sites for hydroxylation is 5. The van der Waals surface area contributed by atoms with Crippen LogP contribution in [0.15, 0.2) is 103 Å². The van der Waals surface area contributed by atoms with Crippen molar-refractivity contribution < 1.29 is 29.1 Å².